The van der Waals surface area contributed by atoms with Gasteiger partial charge in [0.05, 0.1) is 0 Å². The Morgan fingerprint density at radius 1 is 1.21 bits per heavy atom. The molecule has 0 aromatic heterocycles. The third-order valence-corrected chi connectivity index (χ3v) is 7.09. The van der Waals surface area contributed by atoms with Crippen LogP contribution in [0.3, 0.4) is 0 Å². The Balaban J connectivity index is 1.86. The van der Waals surface area contributed by atoms with Crippen molar-refractivity contribution in [2.45, 2.75) is 49.5 Å². The van der Waals surface area contributed by atoms with Gasteiger partial charge >= 0.3 is 6.09 Å². The molecule has 3 atom stereocenters. The number of fused-ring (bicyclic) bond motifs is 3. The molecule has 33 heavy (non-hydrogen) atoms. The van der Waals surface area contributed by atoms with E-state index in [2.05, 4.69) is 11.3 Å². The number of hydrogen-bond acceptors (Lipinski definition) is 5. The number of benzene rings is 1. The fourth-order valence-corrected chi connectivity index (χ4v) is 5.30. The highest BCUT2D eigenvalue weighted by Crippen LogP contribution is 2.54. The van der Waals surface area contributed by atoms with Crippen LogP contribution in [0.4, 0.5) is 4.79 Å². The number of carbonyl (C=O) groups is 2. The first-order chi connectivity index (χ1) is 15.6. The SMILES string of the molecule is CN(C)C(=O)COCC[C@]12CC[C@@](O)(C#CCl)C[C@@H]1CCc1cc(OC(=O)N(C)C)ccc12. The highest BCUT2D eigenvalue weighted by Gasteiger charge is 2.51. The second-order valence-electron chi connectivity index (χ2n) is 9.52. The molecule has 1 saturated carbocycles. The summed E-state index contributed by atoms with van der Waals surface area (Å²) in [6.45, 7) is 0.480. The Bertz CT molecular complexity index is 954. The summed E-state index contributed by atoms with van der Waals surface area (Å²) >= 11 is 5.63. The van der Waals surface area contributed by atoms with Crippen molar-refractivity contribution < 1.29 is 24.2 Å². The third-order valence-electron chi connectivity index (χ3n) is 6.99. The van der Waals surface area contributed by atoms with E-state index in [1.807, 2.05) is 18.2 Å². The van der Waals surface area contributed by atoms with Gasteiger partial charge in [-0.2, -0.15) is 0 Å². The van der Waals surface area contributed by atoms with Crippen LogP contribution in [0.5, 0.6) is 5.75 Å². The average Bonchev–Trinajstić information content (AvgIpc) is 2.76. The number of likely N-dealkylation sites (N-methyl/N-ethyl adjacent to an activating group) is 1. The summed E-state index contributed by atoms with van der Waals surface area (Å²) < 4.78 is 11.2. The van der Waals surface area contributed by atoms with Gasteiger partial charge in [0.1, 0.15) is 18.0 Å². The molecule has 1 aromatic carbocycles. The average molecular weight is 477 g/mol. The maximum absolute atomic E-state index is 12.0. The van der Waals surface area contributed by atoms with Crippen LogP contribution in [0.15, 0.2) is 18.2 Å². The van der Waals surface area contributed by atoms with Gasteiger partial charge in [-0.1, -0.05) is 12.0 Å². The first-order valence-electron chi connectivity index (χ1n) is 11.3. The lowest BCUT2D eigenvalue weighted by molar-refractivity contribution is -0.133. The van der Waals surface area contributed by atoms with E-state index in [9.17, 15) is 14.7 Å². The summed E-state index contributed by atoms with van der Waals surface area (Å²) in [5, 5.41) is 13.3. The molecule has 2 aliphatic carbocycles. The molecule has 0 aliphatic heterocycles. The van der Waals surface area contributed by atoms with Crippen LogP contribution >= 0.6 is 11.6 Å². The first-order valence-corrected chi connectivity index (χ1v) is 11.6. The number of rotatable bonds is 6. The molecule has 1 N–H and O–H groups in total. The van der Waals surface area contributed by atoms with Gasteiger partial charge < -0.3 is 24.4 Å². The van der Waals surface area contributed by atoms with Gasteiger partial charge in [-0.3, -0.25) is 4.79 Å². The molecular weight excluding hydrogens is 444 g/mol. The van der Waals surface area contributed by atoms with Gasteiger partial charge in [0.25, 0.3) is 0 Å². The Morgan fingerprint density at radius 3 is 2.64 bits per heavy atom. The highest BCUT2D eigenvalue weighted by atomic mass is 35.5. The van der Waals surface area contributed by atoms with Crippen molar-refractivity contribution >= 4 is 23.6 Å². The largest absolute Gasteiger partial charge is 0.414 e. The van der Waals surface area contributed by atoms with E-state index < -0.39 is 11.7 Å². The number of carbonyl (C=O) groups excluding carboxylic acids is 2. The van der Waals surface area contributed by atoms with Gasteiger partial charge in [-0.15, -0.1) is 0 Å². The summed E-state index contributed by atoms with van der Waals surface area (Å²) in [6, 6.07) is 5.83. The van der Waals surface area contributed by atoms with Crippen molar-refractivity contribution in [2.24, 2.45) is 5.92 Å². The lowest BCUT2D eigenvalue weighted by atomic mass is 9.53. The molecule has 2 amide bonds. The summed E-state index contributed by atoms with van der Waals surface area (Å²) in [4.78, 5) is 26.8. The predicted octanol–water partition coefficient (Wildman–Crippen LogP) is 3.16. The first kappa shape index (κ1) is 25.4. The monoisotopic (exact) mass is 476 g/mol. The number of aliphatic hydroxyl groups is 1. The molecule has 0 heterocycles. The van der Waals surface area contributed by atoms with Crippen LogP contribution in [-0.4, -0.2) is 73.9 Å². The molecule has 2 aliphatic rings. The zero-order valence-corrected chi connectivity index (χ0v) is 20.6. The van der Waals surface area contributed by atoms with Crippen LogP contribution in [0.2, 0.25) is 0 Å². The lowest BCUT2D eigenvalue weighted by Gasteiger charge is -2.52. The smallest absolute Gasteiger partial charge is 0.410 e. The van der Waals surface area contributed by atoms with Crippen molar-refractivity contribution in [3.63, 3.8) is 0 Å². The second kappa shape index (κ2) is 10.3. The van der Waals surface area contributed by atoms with Crippen molar-refractivity contribution in [1.82, 2.24) is 9.80 Å². The summed E-state index contributed by atoms with van der Waals surface area (Å²) in [5.74, 6) is 3.45. The summed E-state index contributed by atoms with van der Waals surface area (Å²) in [5.41, 5.74) is 1.05. The standard InChI is InChI=1S/C25H33ClN2O5/c1-27(2)22(29)17-32-14-12-25-10-9-24(31,11-13-26)16-19(25)6-5-18-15-20(7-8-21(18)25)33-23(30)28(3)4/h7-8,15,19,31H,5-6,9-10,12,14,16-17H2,1-4H3/t19-,24+,25+/m0/s1. The minimum absolute atomic E-state index is 0.0433. The minimum atomic E-state index is -1.09. The fourth-order valence-electron chi connectivity index (χ4n) is 5.13. The third kappa shape index (κ3) is 5.63. The summed E-state index contributed by atoms with van der Waals surface area (Å²) in [6.07, 6.45) is 3.79. The highest BCUT2D eigenvalue weighted by molar-refractivity contribution is 6.30. The van der Waals surface area contributed by atoms with Crippen molar-refractivity contribution in [3.05, 3.63) is 29.3 Å². The van der Waals surface area contributed by atoms with E-state index in [0.717, 1.165) is 31.2 Å². The van der Waals surface area contributed by atoms with Crippen molar-refractivity contribution in [1.29, 1.82) is 0 Å². The predicted molar refractivity (Wildman–Crippen MR) is 126 cm³/mol. The van der Waals surface area contributed by atoms with E-state index in [4.69, 9.17) is 21.1 Å². The Morgan fingerprint density at radius 2 is 1.97 bits per heavy atom. The van der Waals surface area contributed by atoms with E-state index in [-0.39, 0.29) is 23.8 Å². The molecule has 0 unspecified atom stereocenters. The van der Waals surface area contributed by atoms with Gasteiger partial charge in [0.15, 0.2) is 0 Å². The Hall–Kier alpha value is -2.27. The number of hydrogen-bond donors (Lipinski definition) is 1. The topological polar surface area (TPSA) is 79.3 Å². The lowest BCUT2D eigenvalue weighted by Crippen LogP contribution is -2.50. The number of amides is 2. The maximum Gasteiger partial charge on any atom is 0.414 e. The number of aryl methyl sites for hydroxylation is 1. The second-order valence-corrected chi connectivity index (χ2v) is 9.71. The molecule has 1 fully saturated rings. The van der Waals surface area contributed by atoms with Gasteiger partial charge in [-0.05, 0) is 79.3 Å². The molecular formula is C25H33ClN2O5. The zero-order chi connectivity index (χ0) is 24.2. The van der Waals surface area contributed by atoms with E-state index in [1.165, 1.54) is 15.4 Å². The molecule has 0 spiro atoms. The number of nitrogens with zero attached hydrogens (tertiary/aromatic N) is 2. The normalized spacial score (nSPS) is 25.7. The minimum Gasteiger partial charge on any atom is -0.410 e. The molecule has 3 rings (SSSR count). The Labute approximate surface area is 201 Å². The molecule has 8 heteroatoms. The Kier molecular flexibility index (Phi) is 7.94. The van der Waals surface area contributed by atoms with E-state index >= 15 is 0 Å². The van der Waals surface area contributed by atoms with Gasteiger partial charge in [0.2, 0.25) is 5.91 Å². The van der Waals surface area contributed by atoms with E-state index in [1.54, 1.807) is 28.2 Å². The van der Waals surface area contributed by atoms with Crippen LogP contribution in [0.25, 0.3) is 0 Å². The fraction of sp³-hybridized carbons (Fsp3) is 0.600. The molecule has 0 radical (unpaired) electrons. The molecule has 0 saturated heterocycles. The molecule has 1 aromatic rings. The van der Waals surface area contributed by atoms with Gasteiger partial charge in [0, 0.05) is 45.6 Å². The van der Waals surface area contributed by atoms with Crippen LogP contribution in [0.1, 0.15) is 43.2 Å². The van der Waals surface area contributed by atoms with Crippen LogP contribution in [0, 0.1) is 17.2 Å². The zero-order valence-electron chi connectivity index (χ0n) is 19.8. The number of halogens is 1. The quantitative estimate of drug-likeness (QED) is 0.504. The van der Waals surface area contributed by atoms with E-state index in [0.29, 0.717) is 25.2 Å². The van der Waals surface area contributed by atoms with Crippen LogP contribution in [-0.2, 0) is 21.4 Å². The van der Waals surface area contributed by atoms with Crippen molar-refractivity contribution in [2.75, 3.05) is 41.4 Å². The van der Waals surface area contributed by atoms with Crippen molar-refractivity contribution in [3.8, 4) is 17.0 Å². The van der Waals surface area contributed by atoms with Crippen LogP contribution < -0.4 is 4.74 Å². The maximum atomic E-state index is 12.0. The summed E-state index contributed by atoms with van der Waals surface area (Å²) in [7, 11) is 6.71. The number of ether oxygens (including phenoxy) is 2. The molecule has 7 nitrogen and oxygen atoms in total. The molecule has 0 bridgehead atoms. The van der Waals surface area contributed by atoms with Gasteiger partial charge in [-0.25, -0.2) is 4.79 Å². The molecule has 180 valence electrons.